The van der Waals surface area contributed by atoms with Crippen LogP contribution >= 0.6 is 0 Å². The normalized spacial score (nSPS) is 9.71. The highest BCUT2D eigenvalue weighted by molar-refractivity contribution is 6.10. The summed E-state index contributed by atoms with van der Waals surface area (Å²) in [5.41, 5.74) is 0.227. The monoisotopic (exact) mass is 235 g/mol. The van der Waals surface area contributed by atoms with Crippen molar-refractivity contribution in [1.29, 1.82) is 0 Å². The second-order valence-electron chi connectivity index (χ2n) is 3.34. The third-order valence-corrected chi connectivity index (χ3v) is 1.96. The van der Waals surface area contributed by atoms with Gasteiger partial charge in [0.05, 0.1) is 13.0 Å². The van der Waals surface area contributed by atoms with Crippen LogP contribution in [0.3, 0.4) is 0 Å². The van der Waals surface area contributed by atoms with Crippen LogP contribution < -0.4 is 0 Å². The highest BCUT2D eigenvalue weighted by atomic mass is 16.5. The summed E-state index contributed by atoms with van der Waals surface area (Å²) in [5, 5.41) is 0. The number of ketones is 2. The molecule has 0 saturated carbocycles. The molecular weight excluding hydrogens is 222 g/mol. The Morgan fingerprint density at radius 3 is 2.59 bits per heavy atom. The van der Waals surface area contributed by atoms with E-state index in [1.54, 1.807) is 19.1 Å². The zero-order valence-electron chi connectivity index (χ0n) is 9.51. The molecule has 1 aromatic rings. The largest absolute Gasteiger partial charge is 0.466 e. The van der Waals surface area contributed by atoms with Gasteiger partial charge in [-0.25, -0.2) is 0 Å². The SMILES string of the molecule is CCOC(=O)CC(=O)CC(=O)c1ccccn1. The first kappa shape index (κ1) is 13.0. The van der Waals surface area contributed by atoms with Crippen molar-refractivity contribution in [2.24, 2.45) is 0 Å². The Kier molecular flexibility index (Phi) is 5.00. The lowest BCUT2D eigenvalue weighted by Gasteiger charge is -2.01. The predicted octanol–water partition coefficient (Wildman–Crippen LogP) is 1.18. The van der Waals surface area contributed by atoms with E-state index in [0.717, 1.165) is 0 Å². The van der Waals surface area contributed by atoms with Crippen molar-refractivity contribution in [2.45, 2.75) is 19.8 Å². The van der Waals surface area contributed by atoms with Crippen molar-refractivity contribution in [2.75, 3.05) is 6.61 Å². The molecule has 0 unspecified atom stereocenters. The van der Waals surface area contributed by atoms with Gasteiger partial charge in [0.1, 0.15) is 12.1 Å². The van der Waals surface area contributed by atoms with E-state index in [2.05, 4.69) is 9.72 Å². The summed E-state index contributed by atoms with van der Waals surface area (Å²) in [5.74, 6) is -1.45. The Morgan fingerprint density at radius 2 is 2.00 bits per heavy atom. The second kappa shape index (κ2) is 6.52. The van der Waals surface area contributed by atoms with E-state index < -0.39 is 11.8 Å². The summed E-state index contributed by atoms with van der Waals surface area (Å²) in [7, 11) is 0. The molecule has 5 heteroatoms. The molecule has 17 heavy (non-hydrogen) atoms. The first-order chi connectivity index (χ1) is 8.13. The van der Waals surface area contributed by atoms with Crippen LogP contribution in [-0.4, -0.2) is 29.1 Å². The summed E-state index contributed by atoms with van der Waals surface area (Å²) >= 11 is 0. The molecule has 1 heterocycles. The maximum absolute atomic E-state index is 11.6. The lowest BCUT2D eigenvalue weighted by molar-refractivity contribution is -0.145. The number of pyridine rings is 1. The third-order valence-electron chi connectivity index (χ3n) is 1.96. The van der Waals surface area contributed by atoms with Gasteiger partial charge in [0.2, 0.25) is 0 Å². The zero-order valence-corrected chi connectivity index (χ0v) is 9.51. The molecule has 0 saturated heterocycles. The summed E-state index contributed by atoms with van der Waals surface area (Å²) < 4.78 is 4.61. The molecule has 0 spiro atoms. The smallest absolute Gasteiger partial charge is 0.313 e. The number of rotatable bonds is 6. The number of carbonyl (C=O) groups is 3. The van der Waals surface area contributed by atoms with Crippen molar-refractivity contribution in [1.82, 2.24) is 4.98 Å². The number of hydrogen-bond donors (Lipinski definition) is 0. The molecule has 5 nitrogen and oxygen atoms in total. The molecule has 0 aromatic carbocycles. The molecule has 1 aromatic heterocycles. The number of aromatic nitrogens is 1. The lowest BCUT2D eigenvalue weighted by atomic mass is 10.1. The Hall–Kier alpha value is -2.04. The van der Waals surface area contributed by atoms with E-state index in [0.29, 0.717) is 0 Å². The van der Waals surface area contributed by atoms with Crippen LogP contribution in [-0.2, 0) is 14.3 Å². The summed E-state index contributed by atoms with van der Waals surface area (Å²) in [6.45, 7) is 1.88. The molecule has 0 atom stereocenters. The van der Waals surface area contributed by atoms with Gasteiger partial charge in [0.25, 0.3) is 0 Å². The molecule has 0 radical (unpaired) electrons. The fourth-order valence-electron chi connectivity index (χ4n) is 1.23. The number of ether oxygens (including phenoxy) is 1. The number of esters is 1. The van der Waals surface area contributed by atoms with E-state index >= 15 is 0 Å². The Balaban J connectivity index is 2.47. The summed E-state index contributed by atoms with van der Waals surface area (Å²) in [6.07, 6.45) is 0.783. The Labute approximate surface area is 98.8 Å². The van der Waals surface area contributed by atoms with E-state index in [-0.39, 0.29) is 30.9 Å². The van der Waals surface area contributed by atoms with Gasteiger partial charge in [-0.1, -0.05) is 6.07 Å². The summed E-state index contributed by atoms with van der Waals surface area (Å²) in [6, 6.07) is 4.87. The highest BCUT2D eigenvalue weighted by Gasteiger charge is 2.16. The van der Waals surface area contributed by atoms with Gasteiger partial charge in [-0.2, -0.15) is 0 Å². The fourth-order valence-corrected chi connectivity index (χ4v) is 1.23. The van der Waals surface area contributed by atoms with Crippen LogP contribution in [0, 0.1) is 0 Å². The molecule has 0 N–H and O–H groups in total. The molecule has 0 amide bonds. The van der Waals surface area contributed by atoms with Crippen molar-refractivity contribution in [3.05, 3.63) is 30.1 Å². The number of hydrogen-bond acceptors (Lipinski definition) is 5. The van der Waals surface area contributed by atoms with E-state index in [9.17, 15) is 14.4 Å². The van der Waals surface area contributed by atoms with Crippen LogP contribution in [0.15, 0.2) is 24.4 Å². The van der Waals surface area contributed by atoms with Crippen LogP contribution in [0.25, 0.3) is 0 Å². The van der Waals surface area contributed by atoms with Gasteiger partial charge in [-0.3, -0.25) is 19.4 Å². The highest BCUT2D eigenvalue weighted by Crippen LogP contribution is 2.02. The van der Waals surface area contributed by atoms with Crippen LogP contribution in [0.1, 0.15) is 30.3 Å². The van der Waals surface area contributed by atoms with Gasteiger partial charge in [-0.15, -0.1) is 0 Å². The molecule has 0 bridgehead atoms. The van der Waals surface area contributed by atoms with E-state index in [1.807, 2.05) is 0 Å². The zero-order chi connectivity index (χ0) is 12.7. The lowest BCUT2D eigenvalue weighted by Crippen LogP contribution is -2.15. The topological polar surface area (TPSA) is 73.3 Å². The van der Waals surface area contributed by atoms with Crippen molar-refractivity contribution in [3.8, 4) is 0 Å². The van der Waals surface area contributed by atoms with Crippen molar-refractivity contribution >= 4 is 17.5 Å². The van der Waals surface area contributed by atoms with E-state index in [1.165, 1.54) is 12.3 Å². The van der Waals surface area contributed by atoms with Crippen LogP contribution in [0.4, 0.5) is 0 Å². The minimum atomic E-state index is -0.605. The Bertz CT molecular complexity index is 414. The van der Waals surface area contributed by atoms with Crippen LogP contribution in [0.2, 0.25) is 0 Å². The molecule has 0 aliphatic rings. The quantitative estimate of drug-likeness (QED) is 0.420. The van der Waals surface area contributed by atoms with Gasteiger partial charge in [0.15, 0.2) is 11.6 Å². The first-order valence-corrected chi connectivity index (χ1v) is 5.25. The third kappa shape index (κ3) is 4.55. The molecular formula is C12H13NO4. The molecule has 0 aliphatic carbocycles. The van der Waals surface area contributed by atoms with Gasteiger partial charge >= 0.3 is 5.97 Å². The van der Waals surface area contributed by atoms with Gasteiger partial charge in [-0.05, 0) is 19.1 Å². The average molecular weight is 235 g/mol. The number of carbonyl (C=O) groups excluding carboxylic acids is 3. The van der Waals surface area contributed by atoms with Crippen molar-refractivity contribution < 1.29 is 19.1 Å². The fraction of sp³-hybridized carbons (Fsp3) is 0.333. The summed E-state index contributed by atoms with van der Waals surface area (Å²) in [4.78, 5) is 37.8. The van der Waals surface area contributed by atoms with Gasteiger partial charge < -0.3 is 4.74 Å². The Morgan fingerprint density at radius 1 is 1.24 bits per heavy atom. The molecule has 0 aliphatic heterocycles. The maximum atomic E-state index is 11.6. The molecule has 1 rings (SSSR count). The van der Waals surface area contributed by atoms with Gasteiger partial charge in [0, 0.05) is 6.20 Å². The standard InChI is InChI=1S/C12H13NO4/c1-2-17-12(16)8-9(14)7-11(15)10-5-3-4-6-13-10/h3-6H,2,7-8H2,1H3. The predicted molar refractivity (Wildman–Crippen MR) is 59.4 cm³/mol. The minimum Gasteiger partial charge on any atom is -0.466 e. The van der Waals surface area contributed by atoms with E-state index in [4.69, 9.17) is 0 Å². The average Bonchev–Trinajstić information content (AvgIpc) is 2.30. The first-order valence-electron chi connectivity index (χ1n) is 5.25. The second-order valence-corrected chi connectivity index (χ2v) is 3.34. The molecule has 0 fully saturated rings. The number of Topliss-reactive ketones (excluding diaryl/α,β-unsaturated/α-hetero) is 2. The van der Waals surface area contributed by atoms with Crippen LogP contribution in [0.5, 0.6) is 0 Å². The minimum absolute atomic E-state index is 0.223. The maximum Gasteiger partial charge on any atom is 0.313 e. The van der Waals surface area contributed by atoms with Crippen molar-refractivity contribution in [3.63, 3.8) is 0 Å². The molecule has 90 valence electrons. The number of nitrogens with zero attached hydrogens (tertiary/aromatic N) is 1.